The van der Waals surface area contributed by atoms with Gasteiger partial charge in [0.2, 0.25) is 5.91 Å². The summed E-state index contributed by atoms with van der Waals surface area (Å²) < 4.78 is 0. The lowest BCUT2D eigenvalue weighted by Gasteiger charge is -2.02. The Kier molecular flexibility index (Phi) is 2.91. The highest BCUT2D eigenvalue weighted by molar-refractivity contribution is 5.93. The average Bonchev–Trinajstić information content (AvgIpc) is 2.29. The highest BCUT2D eigenvalue weighted by Gasteiger charge is 2.08. The number of amides is 1. The van der Waals surface area contributed by atoms with E-state index in [0.29, 0.717) is 0 Å². The summed E-state index contributed by atoms with van der Waals surface area (Å²) in [4.78, 5) is 11.2. The van der Waals surface area contributed by atoms with Crippen LogP contribution in [0.2, 0.25) is 0 Å². The zero-order valence-corrected chi connectivity index (χ0v) is 7.48. The van der Waals surface area contributed by atoms with E-state index in [0.717, 1.165) is 18.4 Å². The van der Waals surface area contributed by atoms with Crippen LogP contribution in [0.3, 0.4) is 0 Å². The maximum absolute atomic E-state index is 11.2. The summed E-state index contributed by atoms with van der Waals surface area (Å²) in [6.45, 7) is 2.05. The normalized spacial score (nSPS) is 16.8. The van der Waals surface area contributed by atoms with Crippen molar-refractivity contribution < 1.29 is 4.79 Å². The van der Waals surface area contributed by atoms with Crippen molar-refractivity contribution in [2.75, 3.05) is 7.05 Å². The van der Waals surface area contributed by atoms with Crippen LogP contribution in [-0.2, 0) is 4.79 Å². The highest BCUT2D eigenvalue weighted by atomic mass is 16.1. The predicted molar refractivity (Wildman–Crippen MR) is 48.3 cm³/mol. The van der Waals surface area contributed by atoms with E-state index in [2.05, 4.69) is 10.6 Å². The first-order chi connectivity index (χ1) is 5.74. The Morgan fingerprint density at radius 1 is 1.50 bits per heavy atom. The van der Waals surface area contributed by atoms with E-state index in [1.807, 2.05) is 13.1 Å². The largest absolute Gasteiger partial charge is 0.367 e. The molecule has 0 atom stereocenters. The number of hydrogen-bond acceptors (Lipinski definition) is 2. The van der Waals surface area contributed by atoms with Gasteiger partial charge in [0.25, 0.3) is 0 Å². The van der Waals surface area contributed by atoms with E-state index in [9.17, 15) is 4.79 Å². The van der Waals surface area contributed by atoms with Gasteiger partial charge in [-0.25, -0.2) is 0 Å². The molecule has 0 unspecified atom stereocenters. The standard InChI is InChI=1S/C9H14N2O/c1-7-3-4-8(6-11-5-7)9(12)10-2/h5-6,11H,3-4H2,1-2H3,(H,10,12). The molecule has 0 aromatic rings. The Labute approximate surface area is 72.5 Å². The summed E-state index contributed by atoms with van der Waals surface area (Å²) >= 11 is 0. The number of allylic oxidation sites excluding steroid dienone is 1. The number of carbonyl (C=O) groups is 1. The van der Waals surface area contributed by atoms with Crippen LogP contribution < -0.4 is 10.6 Å². The second-order valence-electron chi connectivity index (χ2n) is 2.91. The molecule has 0 saturated carbocycles. The Bertz CT molecular complexity index is 241. The van der Waals surface area contributed by atoms with Crippen molar-refractivity contribution in [1.82, 2.24) is 10.6 Å². The van der Waals surface area contributed by atoms with Gasteiger partial charge in [0.05, 0.1) is 0 Å². The molecule has 0 spiro atoms. The maximum Gasteiger partial charge on any atom is 0.248 e. The van der Waals surface area contributed by atoms with Gasteiger partial charge in [-0.05, 0) is 26.0 Å². The van der Waals surface area contributed by atoms with E-state index in [4.69, 9.17) is 0 Å². The Morgan fingerprint density at radius 3 is 2.92 bits per heavy atom. The molecule has 1 heterocycles. The van der Waals surface area contributed by atoms with Gasteiger partial charge >= 0.3 is 0 Å². The lowest BCUT2D eigenvalue weighted by molar-refractivity contribution is -0.117. The molecular formula is C9H14N2O. The molecule has 0 aromatic carbocycles. The zero-order chi connectivity index (χ0) is 8.97. The first kappa shape index (κ1) is 8.84. The van der Waals surface area contributed by atoms with E-state index in [1.54, 1.807) is 13.2 Å². The Hall–Kier alpha value is -1.25. The average molecular weight is 166 g/mol. The van der Waals surface area contributed by atoms with Crippen LogP contribution in [0.5, 0.6) is 0 Å². The van der Waals surface area contributed by atoms with Crippen LogP contribution in [0.25, 0.3) is 0 Å². The summed E-state index contributed by atoms with van der Waals surface area (Å²) in [6.07, 6.45) is 5.45. The number of carbonyl (C=O) groups excluding carboxylic acids is 1. The van der Waals surface area contributed by atoms with Gasteiger partial charge in [0.1, 0.15) is 0 Å². The minimum atomic E-state index is 0.00519. The fourth-order valence-electron chi connectivity index (χ4n) is 1.10. The molecule has 0 saturated heterocycles. The van der Waals surface area contributed by atoms with Crippen LogP contribution in [0, 0.1) is 0 Å². The quantitative estimate of drug-likeness (QED) is 0.607. The van der Waals surface area contributed by atoms with Crippen LogP contribution in [0.1, 0.15) is 19.8 Å². The molecule has 3 nitrogen and oxygen atoms in total. The fraction of sp³-hybridized carbons (Fsp3) is 0.444. The molecule has 3 heteroatoms. The molecule has 0 fully saturated rings. The van der Waals surface area contributed by atoms with Crippen molar-refractivity contribution in [3.63, 3.8) is 0 Å². The topological polar surface area (TPSA) is 41.1 Å². The smallest absolute Gasteiger partial charge is 0.248 e. The van der Waals surface area contributed by atoms with Crippen LogP contribution in [0.15, 0.2) is 23.5 Å². The summed E-state index contributed by atoms with van der Waals surface area (Å²) in [5.41, 5.74) is 2.08. The second-order valence-corrected chi connectivity index (χ2v) is 2.91. The molecule has 0 aromatic heterocycles. The molecule has 1 amide bonds. The highest BCUT2D eigenvalue weighted by Crippen LogP contribution is 2.12. The monoisotopic (exact) mass is 166 g/mol. The van der Waals surface area contributed by atoms with Crippen molar-refractivity contribution in [1.29, 1.82) is 0 Å². The van der Waals surface area contributed by atoms with Gasteiger partial charge < -0.3 is 10.6 Å². The minimum absolute atomic E-state index is 0.00519. The van der Waals surface area contributed by atoms with Crippen molar-refractivity contribution in [3.8, 4) is 0 Å². The first-order valence-electron chi connectivity index (χ1n) is 4.07. The SMILES string of the molecule is CNC(=O)C1=CNC=C(C)CC1. The van der Waals surface area contributed by atoms with Crippen LogP contribution >= 0.6 is 0 Å². The van der Waals surface area contributed by atoms with Gasteiger partial charge in [0, 0.05) is 18.8 Å². The molecule has 1 rings (SSSR count). The molecule has 1 aliphatic rings. The molecular weight excluding hydrogens is 152 g/mol. The lowest BCUT2D eigenvalue weighted by atomic mass is 10.1. The van der Waals surface area contributed by atoms with Crippen molar-refractivity contribution in [2.45, 2.75) is 19.8 Å². The molecule has 0 radical (unpaired) electrons. The van der Waals surface area contributed by atoms with Crippen molar-refractivity contribution in [3.05, 3.63) is 23.5 Å². The molecule has 1 aliphatic heterocycles. The predicted octanol–water partition coefficient (Wildman–Crippen LogP) is 0.903. The van der Waals surface area contributed by atoms with Gasteiger partial charge in [-0.1, -0.05) is 5.57 Å². The Morgan fingerprint density at radius 2 is 2.25 bits per heavy atom. The van der Waals surface area contributed by atoms with E-state index >= 15 is 0 Å². The summed E-state index contributed by atoms with van der Waals surface area (Å²) in [7, 11) is 1.65. The summed E-state index contributed by atoms with van der Waals surface area (Å²) in [5, 5.41) is 5.58. The molecule has 66 valence electrons. The van der Waals surface area contributed by atoms with Crippen molar-refractivity contribution in [2.24, 2.45) is 0 Å². The number of rotatable bonds is 1. The maximum atomic E-state index is 11.2. The van der Waals surface area contributed by atoms with Gasteiger partial charge in [-0.2, -0.15) is 0 Å². The summed E-state index contributed by atoms with van der Waals surface area (Å²) in [6, 6.07) is 0. The van der Waals surface area contributed by atoms with Crippen LogP contribution in [0.4, 0.5) is 0 Å². The minimum Gasteiger partial charge on any atom is -0.367 e. The van der Waals surface area contributed by atoms with Crippen LogP contribution in [-0.4, -0.2) is 13.0 Å². The third-order valence-electron chi connectivity index (χ3n) is 1.89. The third kappa shape index (κ3) is 2.12. The molecule has 12 heavy (non-hydrogen) atoms. The van der Waals surface area contributed by atoms with E-state index in [-0.39, 0.29) is 5.91 Å². The molecule has 0 bridgehead atoms. The second kappa shape index (κ2) is 3.95. The third-order valence-corrected chi connectivity index (χ3v) is 1.89. The van der Waals surface area contributed by atoms with Gasteiger partial charge in [-0.15, -0.1) is 0 Å². The zero-order valence-electron chi connectivity index (χ0n) is 7.48. The van der Waals surface area contributed by atoms with Gasteiger partial charge in [0.15, 0.2) is 0 Å². The van der Waals surface area contributed by atoms with Gasteiger partial charge in [-0.3, -0.25) is 4.79 Å². The number of nitrogens with one attached hydrogen (secondary N) is 2. The molecule has 0 aliphatic carbocycles. The number of likely N-dealkylation sites (N-methyl/N-ethyl adjacent to an activating group) is 1. The summed E-state index contributed by atoms with van der Waals surface area (Å²) in [5.74, 6) is 0.00519. The van der Waals surface area contributed by atoms with Crippen molar-refractivity contribution >= 4 is 5.91 Å². The first-order valence-corrected chi connectivity index (χ1v) is 4.07. The van der Waals surface area contributed by atoms with E-state index < -0.39 is 0 Å². The molecule has 2 N–H and O–H groups in total. The number of hydrogen-bond donors (Lipinski definition) is 2. The fourth-order valence-corrected chi connectivity index (χ4v) is 1.10. The van der Waals surface area contributed by atoms with E-state index in [1.165, 1.54) is 5.57 Å². The Balaban J connectivity index is 2.60. The lowest BCUT2D eigenvalue weighted by Crippen LogP contribution is -2.20.